The van der Waals surface area contributed by atoms with Gasteiger partial charge in [0.05, 0.1) is 0 Å². The van der Waals surface area contributed by atoms with E-state index in [4.69, 9.17) is 24.4 Å². The van der Waals surface area contributed by atoms with E-state index < -0.39 is 0 Å². The molecule has 0 atom stereocenters. The molecule has 52 heavy (non-hydrogen) atoms. The van der Waals surface area contributed by atoms with E-state index in [2.05, 4.69) is 133 Å². The molecular formula is C46H28N4OS. The molecular weight excluding hydrogens is 657 g/mol. The van der Waals surface area contributed by atoms with Crippen molar-refractivity contribution in [3.05, 3.63) is 170 Å². The van der Waals surface area contributed by atoms with Gasteiger partial charge in [0, 0.05) is 42.4 Å². The van der Waals surface area contributed by atoms with Crippen LogP contribution in [0.2, 0.25) is 0 Å². The lowest BCUT2D eigenvalue weighted by molar-refractivity contribution is 0.620. The summed E-state index contributed by atoms with van der Waals surface area (Å²) in [5.74, 6) is 2.50. The molecule has 0 radical (unpaired) electrons. The molecule has 3 heterocycles. The fourth-order valence-corrected chi connectivity index (χ4v) is 7.95. The highest BCUT2D eigenvalue weighted by Crippen LogP contribution is 2.41. The van der Waals surface area contributed by atoms with Crippen molar-refractivity contribution in [1.29, 1.82) is 0 Å². The summed E-state index contributed by atoms with van der Waals surface area (Å²) in [6.45, 7) is 0. The summed E-state index contributed by atoms with van der Waals surface area (Å²) in [7, 11) is 0. The number of hydrogen-bond donors (Lipinski definition) is 0. The first kappa shape index (κ1) is 30.1. The van der Waals surface area contributed by atoms with E-state index >= 15 is 0 Å². The third-order valence-corrected chi connectivity index (χ3v) is 10.5. The molecule has 0 fully saturated rings. The first-order valence-electron chi connectivity index (χ1n) is 17.1. The molecule has 0 saturated heterocycles. The first-order valence-corrected chi connectivity index (χ1v) is 17.9. The number of hydrogen-bond acceptors (Lipinski definition) is 6. The average molecular weight is 685 g/mol. The maximum absolute atomic E-state index is 6.11. The van der Waals surface area contributed by atoms with E-state index in [9.17, 15) is 0 Å². The Labute approximate surface area is 303 Å². The van der Waals surface area contributed by atoms with E-state index in [0.717, 1.165) is 64.7 Å². The first-order chi connectivity index (χ1) is 25.7. The van der Waals surface area contributed by atoms with Crippen molar-refractivity contribution in [3.8, 4) is 67.9 Å². The van der Waals surface area contributed by atoms with Crippen LogP contribution in [-0.2, 0) is 0 Å². The molecule has 0 unspecified atom stereocenters. The van der Waals surface area contributed by atoms with Crippen molar-refractivity contribution in [2.75, 3.05) is 0 Å². The predicted octanol–water partition coefficient (Wildman–Crippen LogP) is 12.4. The molecule has 0 aliphatic carbocycles. The van der Waals surface area contributed by atoms with Crippen molar-refractivity contribution in [3.63, 3.8) is 0 Å². The molecule has 0 spiro atoms. The van der Waals surface area contributed by atoms with E-state index in [1.165, 1.54) is 11.1 Å². The number of aromatic nitrogens is 4. The van der Waals surface area contributed by atoms with Gasteiger partial charge in [-0.3, -0.25) is 0 Å². The largest absolute Gasteiger partial charge is 0.436 e. The van der Waals surface area contributed by atoms with Gasteiger partial charge in [0.25, 0.3) is 0 Å². The molecule has 10 aromatic rings. The number of rotatable bonds is 6. The van der Waals surface area contributed by atoms with Crippen LogP contribution in [0.4, 0.5) is 0 Å². The molecule has 0 aliphatic heterocycles. The number of thiophene rings is 1. The van der Waals surface area contributed by atoms with E-state index in [1.54, 1.807) is 11.3 Å². The van der Waals surface area contributed by atoms with Crippen LogP contribution in [0.25, 0.3) is 99.1 Å². The number of oxazole rings is 1. The van der Waals surface area contributed by atoms with Gasteiger partial charge in [-0.05, 0) is 52.6 Å². The van der Waals surface area contributed by atoms with Crippen LogP contribution < -0.4 is 0 Å². The minimum atomic E-state index is 0.615. The Morgan fingerprint density at radius 1 is 0.385 bits per heavy atom. The Morgan fingerprint density at radius 3 is 1.56 bits per heavy atom. The molecule has 0 saturated carbocycles. The molecule has 0 amide bonds. The van der Waals surface area contributed by atoms with Crippen LogP contribution in [-0.4, -0.2) is 19.9 Å². The second kappa shape index (κ2) is 12.5. The summed E-state index contributed by atoms with van der Waals surface area (Å²) in [6.07, 6.45) is 0. The zero-order valence-electron chi connectivity index (χ0n) is 27.8. The Balaban J connectivity index is 1.11. The SMILES string of the molecule is c1ccc(-c2ccc(-c3nc(-c4ccc(-c5ccccc5)cc4)nc(-c4cccc5sc6cc(-c7nc8ccccc8o7)ccc6c45)n3)cc2)cc1. The lowest BCUT2D eigenvalue weighted by Gasteiger charge is -2.11. The monoisotopic (exact) mass is 684 g/mol. The summed E-state index contributed by atoms with van der Waals surface area (Å²) in [4.78, 5) is 20.1. The minimum absolute atomic E-state index is 0.615. The fourth-order valence-electron chi connectivity index (χ4n) is 6.78. The molecule has 0 aliphatic rings. The Kier molecular flexibility index (Phi) is 7.25. The smallest absolute Gasteiger partial charge is 0.227 e. The van der Waals surface area contributed by atoms with Crippen LogP contribution in [0.5, 0.6) is 0 Å². The Bertz CT molecular complexity index is 2750. The van der Waals surface area contributed by atoms with Gasteiger partial charge in [-0.1, -0.05) is 140 Å². The third kappa shape index (κ3) is 5.43. The molecule has 7 aromatic carbocycles. The van der Waals surface area contributed by atoms with E-state index in [0.29, 0.717) is 23.4 Å². The van der Waals surface area contributed by atoms with Crippen LogP contribution in [0.3, 0.4) is 0 Å². The summed E-state index contributed by atoms with van der Waals surface area (Å²) in [5, 5.41) is 2.26. The van der Waals surface area contributed by atoms with Gasteiger partial charge in [-0.25, -0.2) is 19.9 Å². The van der Waals surface area contributed by atoms with Crippen molar-refractivity contribution in [2.45, 2.75) is 0 Å². The molecule has 3 aromatic heterocycles. The van der Waals surface area contributed by atoms with E-state index in [1.807, 2.05) is 36.4 Å². The normalized spacial score (nSPS) is 11.5. The highest BCUT2D eigenvalue weighted by Gasteiger charge is 2.18. The summed E-state index contributed by atoms with van der Waals surface area (Å²) in [6, 6.07) is 58.3. The lowest BCUT2D eigenvalue weighted by Crippen LogP contribution is -2.00. The van der Waals surface area contributed by atoms with Crippen molar-refractivity contribution < 1.29 is 4.42 Å². The van der Waals surface area contributed by atoms with Crippen LogP contribution in [0, 0.1) is 0 Å². The van der Waals surface area contributed by atoms with Crippen LogP contribution in [0.1, 0.15) is 0 Å². The topological polar surface area (TPSA) is 64.7 Å². The Morgan fingerprint density at radius 2 is 0.923 bits per heavy atom. The van der Waals surface area contributed by atoms with Crippen molar-refractivity contribution in [2.24, 2.45) is 0 Å². The van der Waals surface area contributed by atoms with Gasteiger partial charge in [-0.15, -0.1) is 11.3 Å². The molecule has 0 N–H and O–H groups in total. The van der Waals surface area contributed by atoms with Gasteiger partial charge in [-0.2, -0.15) is 0 Å². The lowest BCUT2D eigenvalue weighted by atomic mass is 10.0. The standard InChI is InChI=1S/C46H28N4OS/c1-3-10-29(11-4-1)31-18-22-33(23-19-31)43-48-44(34-24-20-32(21-25-34)30-12-5-2-6-13-30)50-45(49-43)37-14-9-17-40-42(37)36-27-26-35(28-41(36)52-40)46-47-38-15-7-8-16-39(38)51-46/h1-28H. The summed E-state index contributed by atoms with van der Waals surface area (Å²) >= 11 is 1.75. The van der Waals surface area contributed by atoms with Gasteiger partial charge in [0.15, 0.2) is 23.1 Å². The van der Waals surface area contributed by atoms with Crippen LogP contribution >= 0.6 is 11.3 Å². The number of nitrogens with zero attached hydrogens (tertiary/aromatic N) is 4. The summed E-state index contributed by atoms with van der Waals surface area (Å²) < 4.78 is 8.41. The number of fused-ring (bicyclic) bond motifs is 4. The quantitative estimate of drug-likeness (QED) is 0.174. The molecule has 10 rings (SSSR count). The summed E-state index contributed by atoms with van der Waals surface area (Å²) in [5.41, 5.74) is 10.0. The van der Waals surface area contributed by atoms with Crippen molar-refractivity contribution in [1.82, 2.24) is 19.9 Å². The van der Waals surface area contributed by atoms with Crippen LogP contribution in [0.15, 0.2) is 174 Å². The zero-order chi connectivity index (χ0) is 34.4. The van der Waals surface area contributed by atoms with E-state index in [-0.39, 0.29) is 0 Å². The van der Waals surface area contributed by atoms with Gasteiger partial charge >= 0.3 is 0 Å². The van der Waals surface area contributed by atoms with Gasteiger partial charge in [0.1, 0.15) is 5.52 Å². The molecule has 244 valence electrons. The maximum Gasteiger partial charge on any atom is 0.227 e. The molecule has 6 heteroatoms. The highest BCUT2D eigenvalue weighted by atomic mass is 32.1. The molecule has 5 nitrogen and oxygen atoms in total. The Hall–Kier alpha value is -6.76. The average Bonchev–Trinajstić information content (AvgIpc) is 3.83. The highest BCUT2D eigenvalue weighted by molar-refractivity contribution is 7.26. The second-order valence-corrected chi connectivity index (χ2v) is 13.8. The number of benzene rings is 7. The number of para-hydroxylation sites is 2. The van der Waals surface area contributed by atoms with Crippen molar-refractivity contribution >= 4 is 42.6 Å². The van der Waals surface area contributed by atoms with Gasteiger partial charge in [0.2, 0.25) is 5.89 Å². The second-order valence-electron chi connectivity index (χ2n) is 12.7. The minimum Gasteiger partial charge on any atom is -0.436 e. The van der Waals surface area contributed by atoms with Gasteiger partial charge < -0.3 is 4.42 Å². The third-order valence-electron chi connectivity index (χ3n) is 9.41. The zero-order valence-corrected chi connectivity index (χ0v) is 28.6. The fraction of sp³-hybridized carbons (Fsp3) is 0. The molecule has 0 bridgehead atoms. The maximum atomic E-state index is 6.11. The predicted molar refractivity (Wildman–Crippen MR) is 213 cm³/mol.